The first kappa shape index (κ1) is 28.9. The lowest BCUT2D eigenvalue weighted by atomic mass is 9.94. The van der Waals surface area contributed by atoms with Gasteiger partial charge in [-0.3, -0.25) is 9.78 Å². The van der Waals surface area contributed by atoms with Crippen LogP contribution in [0.3, 0.4) is 0 Å². The third-order valence-electron chi connectivity index (χ3n) is 7.07. The van der Waals surface area contributed by atoms with Gasteiger partial charge in [-0.2, -0.15) is 0 Å². The summed E-state index contributed by atoms with van der Waals surface area (Å²) in [6, 6.07) is 19.4. The van der Waals surface area contributed by atoms with Crippen molar-refractivity contribution in [2.75, 3.05) is 6.61 Å². The molecule has 0 spiro atoms. The van der Waals surface area contributed by atoms with E-state index in [4.69, 9.17) is 4.98 Å². The number of pyridine rings is 2. The van der Waals surface area contributed by atoms with E-state index in [1.807, 2.05) is 61.5 Å². The van der Waals surface area contributed by atoms with Crippen molar-refractivity contribution >= 4 is 17.3 Å². The number of halogens is 1. The van der Waals surface area contributed by atoms with Gasteiger partial charge in [-0.25, -0.2) is 9.37 Å². The van der Waals surface area contributed by atoms with Crippen LogP contribution in [0, 0.1) is 5.82 Å². The van der Waals surface area contributed by atoms with Gasteiger partial charge in [0.1, 0.15) is 16.3 Å². The SMILES string of the molecule is CC(C)(C)[S+]([O-])N1Cc2cc(C(=O)NCc3ccccc3F)nc(-c3cccc(-c4ccncc4)c3)c2[C@H]1CCO. The Morgan fingerprint density at radius 1 is 1.07 bits per heavy atom. The van der Waals surface area contributed by atoms with Crippen LogP contribution < -0.4 is 5.32 Å². The quantitative estimate of drug-likeness (QED) is 0.267. The summed E-state index contributed by atoms with van der Waals surface area (Å²) in [7, 11) is 0. The Labute approximate surface area is 242 Å². The summed E-state index contributed by atoms with van der Waals surface area (Å²) >= 11 is -1.37. The van der Waals surface area contributed by atoms with Gasteiger partial charge in [0.15, 0.2) is 0 Å². The second-order valence-corrected chi connectivity index (χ2v) is 13.2. The highest BCUT2D eigenvalue weighted by atomic mass is 32.2. The fourth-order valence-electron chi connectivity index (χ4n) is 5.10. The third kappa shape index (κ3) is 6.18. The molecule has 1 amide bonds. The number of hydrogen-bond acceptors (Lipinski definition) is 6. The van der Waals surface area contributed by atoms with Crippen LogP contribution in [0.5, 0.6) is 0 Å². The highest BCUT2D eigenvalue weighted by Gasteiger charge is 2.44. The molecule has 1 unspecified atom stereocenters. The number of nitrogens with zero attached hydrogens (tertiary/aromatic N) is 3. The largest absolute Gasteiger partial charge is 0.597 e. The molecule has 2 aromatic carbocycles. The molecule has 3 heterocycles. The number of benzene rings is 2. The maximum atomic E-state index is 14.2. The van der Waals surface area contributed by atoms with E-state index in [0.29, 0.717) is 24.2 Å². The normalized spacial score (nSPS) is 15.9. The van der Waals surface area contributed by atoms with Crippen LogP contribution in [0.1, 0.15) is 60.4 Å². The lowest BCUT2D eigenvalue weighted by Gasteiger charge is -2.33. The van der Waals surface area contributed by atoms with Crippen molar-refractivity contribution in [3.05, 3.63) is 107 Å². The molecule has 0 aliphatic carbocycles. The van der Waals surface area contributed by atoms with E-state index in [1.165, 1.54) is 6.07 Å². The van der Waals surface area contributed by atoms with Crippen molar-refractivity contribution in [3.63, 3.8) is 0 Å². The van der Waals surface area contributed by atoms with Crippen molar-refractivity contribution in [2.45, 2.75) is 51.1 Å². The molecular formula is C32H33FN4O3S. The summed E-state index contributed by atoms with van der Waals surface area (Å²) in [5.41, 5.74) is 5.59. The van der Waals surface area contributed by atoms with Gasteiger partial charge in [0.2, 0.25) is 0 Å². The molecule has 212 valence electrons. The molecule has 0 radical (unpaired) electrons. The van der Waals surface area contributed by atoms with Gasteiger partial charge in [-0.05, 0) is 74.2 Å². The number of carbonyl (C=O) groups excluding carboxylic acids is 1. The number of nitrogens with one attached hydrogen (secondary N) is 1. The second-order valence-electron chi connectivity index (χ2n) is 11.0. The molecule has 1 aliphatic rings. The Kier molecular flexibility index (Phi) is 8.51. The molecule has 2 N–H and O–H groups in total. The Morgan fingerprint density at radius 2 is 1.80 bits per heavy atom. The van der Waals surface area contributed by atoms with E-state index in [9.17, 15) is 18.8 Å². The summed E-state index contributed by atoms with van der Waals surface area (Å²) < 4.78 is 29.2. The summed E-state index contributed by atoms with van der Waals surface area (Å²) in [6.45, 7) is 6.02. The topological polar surface area (TPSA) is 101 Å². The number of hydrogen-bond donors (Lipinski definition) is 2. The first-order valence-electron chi connectivity index (χ1n) is 13.5. The molecular weight excluding hydrogens is 539 g/mol. The van der Waals surface area contributed by atoms with E-state index in [1.54, 1.807) is 36.7 Å². The number of fused-ring (bicyclic) bond motifs is 1. The third-order valence-corrected chi connectivity index (χ3v) is 8.93. The second kappa shape index (κ2) is 12.1. The van der Waals surface area contributed by atoms with Crippen molar-refractivity contribution in [3.8, 4) is 22.4 Å². The van der Waals surface area contributed by atoms with Crippen LogP contribution in [-0.4, -0.2) is 41.2 Å². The Bertz CT molecular complexity index is 1540. The minimum Gasteiger partial charge on any atom is -0.597 e. The average Bonchev–Trinajstić information content (AvgIpc) is 3.34. The summed E-state index contributed by atoms with van der Waals surface area (Å²) in [6.07, 6.45) is 3.83. The molecule has 2 aromatic heterocycles. The fraction of sp³-hybridized carbons (Fsp3) is 0.281. The molecule has 0 saturated carbocycles. The number of aromatic nitrogens is 2. The predicted octanol–water partition coefficient (Wildman–Crippen LogP) is 5.58. The van der Waals surface area contributed by atoms with Crippen molar-refractivity contribution < 1.29 is 18.8 Å². The number of carbonyl (C=O) groups is 1. The minimum absolute atomic E-state index is 0.0183. The molecule has 9 heteroatoms. The number of amides is 1. The first-order valence-corrected chi connectivity index (χ1v) is 14.6. The van der Waals surface area contributed by atoms with Crippen LogP contribution in [-0.2, 0) is 24.5 Å². The van der Waals surface area contributed by atoms with Gasteiger partial charge >= 0.3 is 0 Å². The van der Waals surface area contributed by atoms with Crippen LogP contribution in [0.25, 0.3) is 22.4 Å². The summed E-state index contributed by atoms with van der Waals surface area (Å²) in [5.74, 6) is -0.827. The monoisotopic (exact) mass is 572 g/mol. The van der Waals surface area contributed by atoms with Crippen LogP contribution in [0.15, 0.2) is 79.1 Å². The van der Waals surface area contributed by atoms with E-state index >= 15 is 0 Å². The fourth-order valence-corrected chi connectivity index (χ4v) is 6.51. The zero-order chi connectivity index (χ0) is 29.1. The molecule has 2 atom stereocenters. The van der Waals surface area contributed by atoms with E-state index < -0.39 is 27.8 Å². The average molecular weight is 573 g/mol. The van der Waals surface area contributed by atoms with Crippen LogP contribution in [0.2, 0.25) is 0 Å². The molecule has 0 fully saturated rings. The van der Waals surface area contributed by atoms with E-state index in [0.717, 1.165) is 27.8 Å². The van der Waals surface area contributed by atoms with E-state index in [2.05, 4.69) is 10.3 Å². The first-order chi connectivity index (χ1) is 19.7. The molecule has 4 aromatic rings. The van der Waals surface area contributed by atoms with Gasteiger partial charge in [0, 0.05) is 53.6 Å². The van der Waals surface area contributed by atoms with Gasteiger partial charge < -0.3 is 15.0 Å². The lowest BCUT2D eigenvalue weighted by molar-refractivity contribution is 0.0945. The van der Waals surface area contributed by atoms with Gasteiger partial charge in [-0.1, -0.05) is 36.4 Å². The van der Waals surface area contributed by atoms with E-state index in [-0.39, 0.29) is 24.9 Å². The Balaban J connectivity index is 1.60. The number of aliphatic hydroxyl groups is 1. The van der Waals surface area contributed by atoms with Crippen LogP contribution >= 0.6 is 0 Å². The molecule has 1 aliphatic heterocycles. The summed E-state index contributed by atoms with van der Waals surface area (Å²) in [4.78, 5) is 22.3. The highest BCUT2D eigenvalue weighted by molar-refractivity contribution is 7.90. The molecule has 41 heavy (non-hydrogen) atoms. The number of aliphatic hydroxyl groups excluding tert-OH is 1. The molecule has 5 rings (SSSR count). The lowest BCUT2D eigenvalue weighted by Crippen LogP contribution is -2.42. The smallest absolute Gasteiger partial charge is 0.270 e. The summed E-state index contributed by atoms with van der Waals surface area (Å²) in [5, 5.41) is 12.8. The molecule has 0 bridgehead atoms. The molecule has 7 nitrogen and oxygen atoms in total. The maximum absolute atomic E-state index is 14.2. The Hall–Kier alpha value is -3.63. The van der Waals surface area contributed by atoms with Gasteiger partial charge in [0.05, 0.1) is 18.3 Å². The number of rotatable bonds is 8. The maximum Gasteiger partial charge on any atom is 0.270 e. The zero-order valence-corrected chi connectivity index (χ0v) is 24.1. The minimum atomic E-state index is -1.37. The van der Waals surface area contributed by atoms with Crippen molar-refractivity contribution in [2.24, 2.45) is 0 Å². The molecule has 0 saturated heterocycles. The highest BCUT2D eigenvalue weighted by Crippen LogP contribution is 2.45. The standard InChI is InChI=1S/C32H33FN4O3S/c1-32(2,3)41(40)37-20-25-18-27(31(39)35-19-24-7-4-5-10-26(24)33)36-30(29(25)28(37)13-16-38)23-9-6-8-22(17-23)21-11-14-34-15-12-21/h4-12,14-15,17-18,28,38H,13,16,19-20H2,1-3H3,(H,35,39)/t28-,41?/m1/s1. The Morgan fingerprint density at radius 3 is 2.51 bits per heavy atom. The predicted molar refractivity (Wildman–Crippen MR) is 158 cm³/mol. The van der Waals surface area contributed by atoms with Gasteiger partial charge in [0.25, 0.3) is 5.91 Å². The van der Waals surface area contributed by atoms with Crippen LogP contribution in [0.4, 0.5) is 4.39 Å². The van der Waals surface area contributed by atoms with Crippen molar-refractivity contribution in [1.82, 2.24) is 19.6 Å². The van der Waals surface area contributed by atoms with Gasteiger partial charge in [-0.15, -0.1) is 4.31 Å². The van der Waals surface area contributed by atoms with Crippen molar-refractivity contribution in [1.29, 1.82) is 0 Å². The zero-order valence-electron chi connectivity index (χ0n) is 23.3.